The van der Waals surface area contributed by atoms with Crippen LogP contribution in [0.1, 0.15) is 25.3 Å². The van der Waals surface area contributed by atoms with Crippen molar-refractivity contribution < 1.29 is 9.90 Å². The molecule has 0 unspecified atom stereocenters. The number of aromatic hydroxyl groups is 1. The summed E-state index contributed by atoms with van der Waals surface area (Å²) in [5.41, 5.74) is 4.74. The highest BCUT2D eigenvalue weighted by Crippen LogP contribution is 2.37. The van der Waals surface area contributed by atoms with Gasteiger partial charge in [-0.05, 0) is 29.8 Å². The van der Waals surface area contributed by atoms with E-state index in [1.807, 2.05) is 49.3 Å². The van der Waals surface area contributed by atoms with Crippen LogP contribution >= 0.6 is 11.6 Å². The standard InChI is InChI=1S/C29H32ClN5O2/c1-19(2)32-18-25(23-16-21(30)8-9-26(23)36)29(37)35-14-12-34(13-15-35)27-22-10-11-31-28(22)33-17-24(27)20-6-4-3-5-7-20/h3-11,16-17,19,25,32,36H,12-15,18H2,1-2H3,(H,31,33)/t25-/m1/s1. The number of rotatable bonds is 7. The maximum atomic E-state index is 13.8. The minimum Gasteiger partial charge on any atom is -0.508 e. The van der Waals surface area contributed by atoms with Crippen LogP contribution in [0.15, 0.2) is 67.0 Å². The molecule has 8 heteroatoms. The molecular formula is C29H32ClN5O2. The Kier molecular flexibility index (Phi) is 7.35. The first-order valence-electron chi connectivity index (χ1n) is 12.7. The first-order valence-corrected chi connectivity index (χ1v) is 13.1. The van der Waals surface area contributed by atoms with Gasteiger partial charge in [-0.3, -0.25) is 4.79 Å². The predicted molar refractivity (Wildman–Crippen MR) is 149 cm³/mol. The summed E-state index contributed by atoms with van der Waals surface area (Å²) in [6.45, 7) is 7.07. The molecule has 1 saturated heterocycles. The van der Waals surface area contributed by atoms with E-state index in [1.54, 1.807) is 18.2 Å². The van der Waals surface area contributed by atoms with E-state index in [0.717, 1.165) is 27.8 Å². The van der Waals surface area contributed by atoms with Crippen molar-refractivity contribution in [1.29, 1.82) is 0 Å². The molecule has 1 aliphatic heterocycles. The summed E-state index contributed by atoms with van der Waals surface area (Å²) in [6.07, 6.45) is 3.84. The molecule has 2 aromatic carbocycles. The van der Waals surface area contributed by atoms with Crippen LogP contribution in [0.2, 0.25) is 5.02 Å². The Labute approximate surface area is 222 Å². The highest BCUT2D eigenvalue weighted by atomic mass is 35.5. The number of phenolic OH excluding ortho intramolecular Hbond substituents is 1. The van der Waals surface area contributed by atoms with Crippen LogP contribution in [-0.4, -0.2) is 64.6 Å². The Morgan fingerprint density at radius 3 is 2.59 bits per heavy atom. The lowest BCUT2D eigenvalue weighted by Crippen LogP contribution is -2.51. The smallest absolute Gasteiger partial charge is 0.231 e. The van der Waals surface area contributed by atoms with Crippen LogP contribution < -0.4 is 10.2 Å². The van der Waals surface area contributed by atoms with E-state index in [2.05, 4.69) is 38.4 Å². The summed E-state index contributed by atoms with van der Waals surface area (Å²) < 4.78 is 0. The average Bonchev–Trinajstić information content (AvgIpc) is 3.39. The highest BCUT2D eigenvalue weighted by molar-refractivity contribution is 6.30. The van der Waals surface area contributed by atoms with Crippen molar-refractivity contribution in [3.05, 3.63) is 77.6 Å². The van der Waals surface area contributed by atoms with Crippen molar-refractivity contribution in [2.75, 3.05) is 37.6 Å². The van der Waals surface area contributed by atoms with E-state index in [4.69, 9.17) is 11.6 Å². The number of phenols is 1. The number of carbonyl (C=O) groups is 1. The van der Waals surface area contributed by atoms with E-state index in [1.165, 1.54) is 0 Å². The Bertz CT molecular complexity index is 1380. The van der Waals surface area contributed by atoms with E-state index in [9.17, 15) is 9.90 Å². The summed E-state index contributed by atoms with van der Waals surface area (Å²) in [4.78, 5) is 25.9. The molecule has 2 aromatic heterocycles. The second-order valence-corrected chi connectivity index (χ2v) is 10.2. The van der Waals surface area contributed by atoms with E-state index in [0.29, 0.717) is 43.3 Å². The number of hydrogen-bond acceptors (Lipinski definition) is 5. The normalized spacial score (nSPS) is 14.9. The Morgan fingerprint density at radius 2 is 1.86 bits per heavy atom. The molecule has 0 aliphatic carbocycles. The van der Waals surface area contributed by atoms with E-state index < -0.39 is 5.92 Å². The van der Waals surface area contributed by atoms with Gasteiger partial charge >= 0.3 is 0 Å². The van der Waals surface area contributed by atoms with Crippen molar-refractivity contribution >= 4 is 34.2 Å². The molecular weight excluding hydrogens is 486 g/mol. The van der Waals surface area contributed by atoms with Crippen molar-refractivity contribution in [1.82, 2.24) is 20.2 Å². The van der Waals surface area contributed by atoms with Crippen molar-refractivity contribution in [3.8, 4) is 16.9 Å². The molecule has 192 valence electrons. The summed E-state index contributed by atoms with van der Waals surface area (Å²) in [7, 11) is 0. The summed E-state index contributed by atoms with van der Waals surface area (Å²) in [5.74, 6) is -0.439. The first kappa shape index (κ1) is 25.1. The third-order valence-electron chi connectivity index (χ3n) is 6.94. The Hall–Kier alpha value is -3.55. The topological polar surface area (TPSA) is 84.5 Å². The molecule has 0 bridgehead atoms. The number of carbonyl (C=O) groups excluding carboxylic acids is 1. The Morgan fingerprint density at radius 1 is 1.11 bits per heavy atom. The summed E-state index contributed by atoms with van der Waals surface area (Å²) in [6, 6.07) is 17.4. The van der Waals surface area contributed by atoms with Gasteiger partial charge in [0.1, 0.15) is 11.4 Å². The number of aromatic nitrogens is 2. The molecule has 3 N–H and O–H groups in total. The highest BCUT2D eigenvalue weighted by Gasteiger charge is 2.31. The number of halogens is 1. The molecule has 7 nitrogen and oxygen atoms in total. The quantitative estimate of drug-likeness (QED) is 0.320. The molecule has 0 spiro atoms. The second-order valence-electron chi connectivity index (χ2n) is 9.76. The van der Waals surface area contributed by atoms with Gasteiger partial charge in [0.2, 0.25) is 5.91 Å². The first-order chi connectivity index (χ1) is 17.9. The lowest BCUT2D eigenvalue weighted by molar-refractivity contribution is -0.133. The second kappa shape index (κ2) is 10.8. The monoisotopic (exact) mass is 517 g/mol. The molecule has 4 aromatic rings. The number of nitrogens with zero attached hydrogens (tertiary/aromatic N) is 3. The zero-order valence-corrected chi connectivity index (χ0v) is 21.9. The number of benzene rings is 2. The third-order valence-corrected chi connectivity index (χ3v) is 7.18. The Balaban J connectivity index is 1.40. The van der Waals surface area contributed by atoms with Gasteiger partial charge in [0, 0.05) is 72.7 Å². The van der Waals surface area contributed by atoms with Gasteiger partial charge in [-0.1, -0.05) is 55.8 Å². The number of H-pyrrole nitrogens is 1. The van der Waals surface area contributed by atoms with Crippen LogP contribution in [0, 0.1) is 0 Å². The number of piperazine rings is 1. The lowest BCUT2D eigenvalue weighted by Gasteiger charge is -2.39. The zero-order chi connectivity index (χ0) is 25.9. The van der Waals surface area contributed by atoms with Crippen molar-refractivity contribution in [2.24, 2.45) is 0 Å². The third kappa shape index (κ3) is 5.29. The fraction of sp³-hybridized carbons (Fsp3) is 0.310. The maximum absolute atomic E-state index is 13.8. The van der Waals surface area contributed by atoms with Crippen molar-refractivity contribution in [2.45, 2.75) is 25.8 Å². The van der Waals surface area contributed by atoms with E-state index >= 15 is 0 Å². The summed E-state index contributed by atoms with van der Waals surface area (Å²) in [5, 5.41) is 15.5. The van der Waals surface area contributed by atoms with Crippen LogP contribution in [0.4, 0.5) is 5.69 Å². The number of aromatic amines is 1. The minimum atomic E-state index is -0.523. The van der Waals surface area contributed by atoms with Gasteiger partial charge in [-0.25, -0.2) is 4.98 Å². The number of anilines is 1. The number of hydrogen-bond donors (Lipinski definition) is 3. The fourth-order valence-corrected chi connectivity index (χ4v) is 5.20. The number of nitrogens with one attached hydrogen (secondary N) is 2. The van der Waals surface area contributed by atoms with Crippen LogP contribution in [-0.2, 0) is 4.79 Å². The molecule has 37 heavy (non-hydrogen) atoms. The molecule has 5 rings (SSSR count). The number of pyridine rings is 1. The maximum Gasteiger partial charge on any atom is 0.231 e. The molecule has 0 radical (unpaired) electrons. The van der Waals surface area contributed by atoms with Gasteiger partial charge in [-0.2, -0.15) is 0 Å². The molecule has 1 fully saturated rings. The fourth-order valence-electron chi connectivity index (χ4n) is 5.02. The predicted octanol–water partition coefficient (Wildman–Crippen LogP) is 5.02. The lowest BCUT2D eigenvalue weighted by atomic mass is 9.95. The molecule has 1 amide bonds. The van der Waals surface area contributed by atoms with Gasteiger partial charge in [0.25, 0.3) is 0 Å². The van der Waals surface area contributed by atoms with Crippen LogP contribution in [0.25, 0.3) is 22.2 Å². The largest absolute Gasteiger partial charge is 0.508 e. The van der Waals surface area contributed by atoms with E-state index in [-0.39, 0.29) is 17.7 Å². The van der Waals surface area contributed by atoms with Gasteiger partial charge < -0.3 is 25.2 Å². The minimum absolute atomic E-state index is 0.00447. The van der Waals surface area contributed by atoms with Gasteiger partial charge in [0.05, 0.1) is 11.6 Å². The van der Waals surface area contributed by atoms with Crippen LogP contribution in [0.5, 0.6) is 5.75 Å². The molecule has 0 saturated carbocycles. The zero-order valence-electron chi connectivity index (χ0n) is 21.1. The summed E-state index contributed by atoms with van der Waals surface area (Å²) >= 11 is 6.23. The molecule has 3 heterocycles. The average molecular weight is 518 g/mol. The molecule has 1 atom stereocenters. The SMILES string of the molecule is CC(C)NC[C@@H](C(=O)N1CCN(c2c(-c3ccccc3)cnc3[nH]ccc23)CC1)c1cc(Cl)ccc1O. The number of amides is 1. The number of fused-ring (bicyclic) bond motifs is 1. The van der Waals surface area contributed by atoms with Crippen LogP contribution in [0.3, 0.4) is 0 Å². The molecule has 1 aliphatic rings. The van der Waals surface area contributed by atoms with Gasteiger partial charge in [-0.15, -0.1) is 0 Å². The van der Waals surface area contributed by atoms with Crippen molar-refractivity contribution in [3.63, 3.8) is 0 Å². The van der Waals surface area contributed by atoms with Gasteiger partial charge in [0.15, 0.2) is 0 Å².